The maximum absolute atomic E-state index is 14.0. The highest BCUT2D eigenvalue weighted by atomic mass is 16.7. The number of carbonyl (C=O) groups excluding carboxylic acids is 6. The first-order valence-corrected chi connectivity index (χ1v) is 19.1. The van der Waals surface area contributed by atoms with E-state index in [0.29, 0.717) is 25.7 Å². The minimum absolute atomic E-state index is 0.00232. The van der Waals surface area contributed by atoms with Crippen molar-refractivity contribution in [3.05, 3.63) is 12.2 Å². The van der Waals surface area contributed by atoms with Crippen LogP contribution < -0.4 is 0 Å². The van der Waals surface area contributed by atoms with E-state index in [1.165, 1.54) is 47.1 Å². The number of amides is 1. The lowest BCUT2D eigenvalue weighted by Crippen LogP contribution is -2.64. The van der Waals surface area contributed by atoms with E-state index in [4.69, 9.17) is 23.7 Å². The van der Waals surface area contributed by atoms with Crippen LogP contribution in [-0.2, 0) is 52.5 Å². The molecule has 2 fully saturated rings. The van der Waals surface area contributed by atoms with Crippen LogP contribution in [0.4, 0.5) is 0 Å². The predicted molar refractivity (Wildman–Crippen MR) is 195 cm³/mol. The van der Waals surface area contributed by atoms with Gasteiger partial charge in [0.1, 0.15) is 30.1 Å². The van der Waals surface area contributed by atoms with Gasteiger partial charge in [-0.15, -0.1) is 0 Å². The molecule has 2 aliphatic rings. The van der Waals surface area contributed by atoms with Gasteiger partial charge in [-0.25, -0.2) is 9.59 Å². The molecule has 15 nitrogen and oxygen atoms in total. The summed E-state index contributed by atoms with van der Waals surface area (Å²) in [5.41, 5.74) is 0. The average molecular weight is 770 g/mol. The lowest BCUT2D eigenvalue weighted by Gasteiger charge is -2.47. The molecule has 2 aliphatic heterocycles. The highest BCUT2D eigenvalue weighted by molar-refractivity contribution is 6.39. The fourth-order valence-electron chi connectivity index (χ4n) is 7.42. The summed E-state index contributed by atoms with van der Waals surface area (Å²) in [6.45, 7) is 11.2. The number of rotatable bonds is 21. The van der Waals surface area contributed by atoms with Crippen LogP contribution in [0.25, 0.3) is 0 Å². The van der Waals surface area contributed by atoms with Crippen LogP contribution in [0, 0.1) is 23.7 Å². The van der Waals surface area contributed by atoms with Gasteiger partial charge in [-0.2, -0.15) is 0 Å². The van der Waals surface area contributed by atoms with Crippen LogP contribution in [-0.4, -0.2) is 131 Å². The van der Waals surface area contributed by atoms with Crippen LogP contribution >= 0.6 is 0 Å². The van der Waals surface area contributed by atoms with Crippen LogP contribution in [0.1, 0.15) is 99.8 Å². The quantitative estimate of drug-likeness (QED) is 0.0870. The maximum atomic E-state index is 14.0. The Morgan fingerprint density at radius 2 is 1.69 bits per heavy atom. The summed E-state index contributed by atoms with van der Waals surface area (Å²) in [6.07, 6.45) is -1.48. The first kappa shape index (κ1) is 47.1. The maximum Gasteiger partial charge on any atom is 0.330 e. The summed E-state index contributed by atoms with van der Waals surface area (Å²) < 4.78 is 28.2. The Morgan fingerprint density at radius 3 is 2.24 bits per heavy atom. The van der Waals surface area contributed by atoms with Crippen LogP contribution in [0.3, 0.4) is 0 Å². The van der Waals surface area contributed by atoms with Gasteiger partial charge in [0.05, 0.1) is 24.9 Å². The number of esters is 2. The van der Waals surface area contributed by atoms with Crippen LogP contribution in [0.15, 0.2) is 12.2 Å². The summed E-state index contributed by atoms with van der Waals surface area (Å²) >= 11 is 0. The topological polar surface area (TPSA) is 212 Å². The van der Waals surface area contributed by atoms with Crippen LogP contribution in [0.2, 0.25) is 0 Å². The molecule has 2 saturated heterocycles. The zero-order valence-electron chi connectivity index (χ0n) is 33.4. The number of likely N-dealkylation sites (tertiary alicyclic amines) is 1. The van der Waals surface area contributed by atoms with E-state index in [2.05, 4.69) is 0 Å². The first-order chi connectivity index (χ1) is 25.4. The third-order valence-corrected chi connectivity index (χ3v) is 10.7. The van der Waals surface area contributed by atoms with E-state index < -0.39 is 95.6 Å². The molecule has 3 N–H and O–H groups in total. The molecule has 2 rings (SSSR count). The number of piperidine rings is 1. The SMILES string of the molecule is CCOC(=O)/C=C\C(CC)[C@H](O)C[C@H](OC(=O)[C@@H]1CCCCN1C(=O)C(=O)[C@]1(O)O[C@H]([C@H](C[C@@H](C)CC(C)=O)OC)[C@@H](OC)C[C@H]1C)[C@@H](C)[C@H](O)C(C)=O. The number of carbonyl (C=O) groups is 6. The smallest absolute Gasteiger partial charge is 0.330 e. The van der Waals surface area contributed by atoms with E-state index in [1.807, 2.05) is 6.92 Å². The minimum Gasteiger partial charge on any atom is -0.463 e. The molecule has 2 heterocycles. The van der Waals surface area contributed by atoms with E-state index in [0.717, 1.165) is 4.90 Å². The number of ether oxygens (including phenoxy) is 5. The van der Waals surface area contributed by atoms with Crippen molar-refractivity contribution in [2.75, 3.05) is 27.4 Å². The molecule has 1 amide bonds. The molecule has 0 bridgehead atoms. The Bertz CT molecular complexity index is 1320. The van der Waals surface area contributed by atoms with E-state index in [9.17, 15) is 44.1 Å². The van der Waals surface area contributed by atoms with Gasteiger partial charge >= 0.3 is 11.9 Å². The number of Topliss-reactive ketones (excluding diaryl/α,β-unsaturated/α-hetero) is 3. The van der Waals surface area contributed by atoms with E-state index in [1.54, 1.807) is 20.8 Å². The van der Waals surface area contributed by atoms with Gasteiger partial charge in [-0.3, -0.25) is 14.4 Å². The Balaban J connectivity index is 2.37. The summed E-state index contributed by atoms with van der Waals surface area (Å²) in [4.78, 5) is 78.8. The van der Waals surface area contributed by atoms with Crippen molar-refractivity contribution in [1.29, 1.82) is 0 Å². The summed E-state index contributed by atoms with van der Waals surface area (Å²) in [7, 11) is 2.91. The Kier molecular flexibility index (Phi) is 19.1. The normalized spacial score (nSPS) is 27.2. The third kappa shape index (κ3) is 12.5. The Labute approximate surface area is 319 Å². The standard InChI is InChI=1S/C39H63NO14/c1-10-27(15-16-33(44)52-11-2)29(43)21-30(25(6)34(45)26(7)42)53-38(48)28-14-12-13-17-40(28)37(47)36(46)39(49)23(4)20-32(51-9)35(54-39)31(50-8)19-22(3)18-24(5)41/h15-16,22-23,25,27-32,34-35,43,45,49H,10-14,17-21H2,1-9H3/b16-15-/t22-,23+,25+,27?,28-,29+,30-,31-,32-,34-,35+,39+/m0/s1. The highest BCUT2D eigenvalue weighted by Gasteiger charge is 2.56. The van der Waals surface area contributed by atoms with Crippen molar-refractivity contribution in [1.82, 2.24) is 4.90 Å². The summed E-state index contributed by atoms with van der Waals surface area (Å²) in [6, 6.07) is -1.26. The van der Waals surface area contributed by atoms with Crippen molar-refractivity contribution in [2.45, 2.75) is 148 Å². The molecule has 0 saturated carbocycles. The number of aliphatic hydroxyl groups excluding tert-OH is 2. The van der Waals surface area contributed by atoms with Gasteiger partial charge in [-0.1, -0.05) is 33.8 Å². The fraction of sp³-hybridized carbons (Fsp3) is 0.795. The van der Waals surface area contributed by atoms with E-state index >= 15 is 0 Å². The molecule has 0 spiro atoms. The second-order valence-corrected chi connectivity index (χ2v) is 14.9. The number of nitrogens with zero attached hydrogens (tertiary/aromatic N) is 1. The van der Waals surface area contributed by atoms with Crippen molar-refractivity contribution >= 4 is 35.2 Å². The second-order valence-electron chi connectivity index (χ2n) is 14.9. The molecule has 54 heavy (non-hydrogen) atoms. The minimum atomic E-state index is -2.59. The van der Waals surface area contributed by atoms with Gasteiger partial charge in [0.15, 0.2) is 5.78 Å². The molecule has 308 valence electrons. The Morgan fingerprint density at radius 1 is 1.02 bits per heavy atom. The number of hydrogen-bond donors (Lipinski definition) is 3. The number of methoxy groups -OCH3 is 2. The molecular formula is C39H63NO14. The predicted octanol–water partition coefficient (Wildman–Crippen LogP) is 2.48. The lowest BCUT2D eigenvalue weighted by molar-refractivity contribution is -0.302. The number of hydrogen-bond acceptors (Lipinski definition) is 14. The summed E-state index contributed by atoms with van der Waals surface area (Å²) in [5, 5.41) is 33.7. The third-order valence-electron chi connectivity index (χ3n) is 10.7. The monoisotopic (exact) mass is 769 g/mol. The van der Waals surface area contributed by atoms with Gasteiger partial charge < -0.3 is 48.7 Å². The van der Waals surface area contributed by atoms with E-state index in [-0.39, 0.29) is 50.5 Å². The fourth-order valence-corrected chi connectivity index (χ4v) is 7.42. The molecule has 0 aliphatic carbocycles. The highest BCUT2D eigenvalue weighted by Crippen LogP contribution is 2.38. The molecular weight excluding hydrogens is 706 g/mol. The zero-order valence-corrected chi connectivity index (χ0v) is 33.4. The molecule has 0 aromatic heterocycles. The van der Waals surface area contributed by atoms with Crippen molar-refractivity contribution in [3.63, 3.8) is 0 Å². The first-order valence-electron chi connectivity index (χ1n) is 19.1. The molecule has 12 atom stereocenters. The lowest BCUT2D eigenvalue weighted by atomic mass is 9.82. The molecule has 0 aromatic carbocycles. The van der Waals surface area contributed by atoms with Crippen molar-refractivity contribution in [3.8, 4) is 0 Å². The second kappa shape index (κ2) is 21.9. The largest absolute Gasteiger partial charge is 0.463 e. The average Bonchev–Trinajstić information content (AvgIpc) is 3.13. The van der Waals surface area contributed by atoms with Crippen molar-refractivity contribution < 1.29 is 67.8 Å². The molecule has 15 heteroatoms. The molecule has 0 radical (unpaired) electrons. The number of ketones is 3. The van der Waals surface area contributed by atoms with Gasteiger partial charge in [0.25, 0.3) is 11.7 Å². The van der Waals surface area contributed by atoms with Gasteiger partial charge in [-0.05, 0) is 65.2 Å². The number of aliphatic hydroxyl groups is 3. The molecule has 1 unspecified atom stereocenters. The van der Waals surface area contributed by atoms with Crippen molar-refractivity contribution in [2.24, 2.45) is 23.7 Å². The van der Waals surface area contributed by atoms with Gasteiger partial charge in [0, 0.05) is 57.4 Å². The van der Waals surface area contributed by atoms with Gasteiger partial charge in [0.2, 0.25) is 5.79 Å². The summed E-state index contributed by atoms with van der Waals surface area (Å²) in [5.74, 6) is -9.67. The van der Waals surface area contributed by atoms with Crippen LogP contribution in [0.5, 0.6) is 0 Å². The zero-order chi connectivity index (χ0) is 40.9. The molecule has 0 aromatic rings. The Hall–Kier alpha value is -3.08.